The fraction of sp³-hybridized carbons (Fsp3) is 0.250. The first-order valence-corrected chi connectivity index (χ1v) is 10.8. The van der Waals surface area contributed by atoms with E-state index in [-0.39, 0.29) is 18.5 Å². The van der Waals surface area contributed by atoms with Crippen LogP contribution in [0.25, 0.3) is 0 Å². The van der Waals surface area contributed by atoms with Gasteiger partial charge in [0.15, 0.2) is 11.5 Å². The van der Waals surface area contributed by atoms with Gasteiger partial charge in [-0.1, -0.05) is 6.07 Å². The van der Waals surface area contributed by atoms with Crippen LogP contribution in [0.3, 0.4) is 0 Å². The summed E-state index contributed by atoms with van der Waals surface area (Å²) in [6.07, 6.45) is 0.821. The number of methoxy groups -OCH3 is 2. The van der Waals surface area contributed by atoms with E-state index in [0.29, 0.717) is 17.0 Å². The zero-order valence-electron chi connectivity index (χ0n) is 17.4. The molecule has 0 fully saturated rings. The summed E-state index contributed by atoms with van der Waals surface area (Å²) < 4.78 is 11.0. The summed E-state index contributed by atoms with van der Waals surface area (Å²) in [6, 6.07) is 17.1. The molecule has 3 aromatic rings. The number of hydrogen-bond acceptors (Lipinski definition) is 6. The van der Waals surface area contributed by atoms with Crippen LogP contribution < -0.4 is 14.8 Å². The van der Waals surface area contributed by atoms with Crippen LogP contribution in [0, 0.1) is 11.3 Å². The van der Waals surface area contributed by atoms with Crippen LogP contribution in [0.5, 0.6) is 11.5 Å². The van der Waals surface area contributed by atoms with E-state index in [2.05, 4.69) is 27.7 Å². The summed E-state index contributed by atoms with van der Waals surface area (Å²) in [5.74, 6) is 1.32. The van der Waals surface area contributed by atoms with E-state index in [9.17, 15) is 4.79 Å². The first-order valence-electron chi connectivity index (χ1n) is 9.95. The van der Waals surface area contributed by atoms with Gasteiger partial charge in [0.25, 0.3) is 0 Å². The molecule has 0 saturated heterocycles. The lowest BCUT2D eigenvalue weighted by Crippen LogP contribution is -2.40. The molecule has 1 amide bonds. The van der Waals surface area contributed by atoms with Crippen molar-refractivity contribution in [3.05, 3.63) is 75.5 Å². The molecule has 0 spiro atoms. The van der Waals surface area contributed by atoms with E-state index in [4.69, 9.17) is 14.7 Å². The summed E-state index contributed by atoms with van der Waals surface area (Å²) in [5, 5.41) is 13.9. The standard InChI is InChI=1S/C24H23N3O3S/c1-29-20-12-17-9-10-27(15-23(28)26-18-7-5-16(14-25)6-8-18)24(22-4-3-11-31-22)19(17)13-21(20)30-2/h3-8,11-13,24H,9-10,15H2,1-2H3,(H,26,28)/t24-/m0/s1. The average Bonchev–Trinajstić information content (AvgIpc) is 3.32. The van der Waals surface area contributed by atoms with E-state index in [0.717, 1.165) is 24.3 Å². The summed E-state index contributed by atoms with van der Waals surface area (Å²) in [4.78, 5) is 16.2. The molecule has 4 rings (SSSR count). The van der Waals surface area contributed by atoms with Crippen molar-refractivity contribution in [2.75, 3.05) is 32.6 Å². The van der Waals surface area contributed by atoms with Crippen LogP contribution in [0.15, 0.2) is 53.9 Å². The van der Waals surface area contributed by atoms with Crippen molar-refractivity contribution in [3.8, 4) is 17.6 Å². The molecule has 0 bridgehead atoms. The molecule has 0 radical (unpaired) electrons. The monoisotopic (exact) mass is 433 g/mol. The number of rotatable bonds is 6. The molecular weight excluding hydrogens is 410 g/mol. The molecule has 1 aliphatic heterocycles. The number of carbonyl (C=O) groups is 1. The highest BCUT2D eigenvalue weighted by Gasteiger charge is 2.32. The average molecular weight is 434 g/mol. The third-order valence-electron chi connectivity index (χ3n) is 5.43. The van der Waals surface area contributed by atoms with Crippen LogP contribution in [-0.2, 0) is 11.2 Å². The minimum atomic E-state index is -0.0878. The van der Waals surface area contributed by atoms with Crippen molar-refractivity contribution < 1.29 is 14.3 Å². The molecule has 1 aromatic heterocycles. The molecule has 1 atom stereocenters. The minimum Gasteiger partial charge on any atom is -0.493 e. The smallest absolute Gasteiger partial charge is 0.238 e. The predicted octanol–water partition coefficient (Wildman–Crippen LogP) is 4.22. The third kappa shape index (κ3) is 4.41. The van der Waals surface area contributed by atoms with Gasteiger partial charge < -0.3 is 14.8 Å². The van der Waals surface area contributed by atoms with E-state index in [1.807, 2.05) is 18.2 Å². The van der Waals surface area contributed by atoms with Crippen LogP contribution in [0.4, 0.5) is 5.69 Å². The molecule has 1 N–H and O–H groups in total. The molecule has 0 saturated carbocycles. The van der Waals surface area contributed by atoms with E-state index in [1.165, 1.54) is 10.4 Å². The lowest BCUT2D eigenvalue weighted by Gasteiger charge is -2.37. The first-order chi connectivity index (χ1) is 15.1. The van der Waals surface area contributed by atoms with Crippen LogP contribution >= 0.6 is 11.3 Å². The van der Waals surface area contributed by atoms with Crippen molar-refractivity contribution >= 4 is 22.9 Å². The zero-order chi connectivity index (χ0) is 21.8. The van der Waals surface area contributed by atoms with Crippen LogP contribution in [0.2, 0.25) is 0 Å². The van der Waals surface area contributed by atoms with Crippen molar-refractivity contribution in [2.24, 2.45) is 0 Å². The summed E-state index contributed by atoms with van der Waals surface area (Å²) in [6.45, 7) is 1.02. The van der Waals surface area contributed by atoms with E-state index < -0.39 is 0 Å². The van der Waals surface area contributed by atoms with Crippen LogP contribution in [-0.4, -0.2) is 38.1 Å². The van der Waals surface area contributed by atoms with Gasteiger partial charge in [-0.25, -0.2) is 0 Å². The Balaban J connectivity index is 1.60. The maximum Gasteiger partial charge on any atom is 0.238 e. The lowest BCUT2D eigenvalue weighted by atomic mass is 9.91. The number of amides is 1. The van der Waals surface area contributed by atoms with Gasteiger partial charge in [-0.3, -0.25) is 9.69 Å². The highest BCUT2D eigenvalue weighted by molar-refractivity contribution is 7.10. The molecule has 2 heterocycles. The second-order valence-corrected chi connectivity index (χ2v) is 8.26. The lowest BCUT2D eigenvalue weighted by molar-refractivity contribution is -0.117. The number of hydrogen-bond donors (Lipinski definition) is 1. The largest absolute Gasteiger partial charge is 0.493 e. The molecule has 7 heteroatoms. The summed E-state index contributed by atoms with van der Waals surface area (Å²) in [5.41, 5.74) is 3.59. The Labute approximate surface area is 185 Å². The van der Waals surface area contributed by atoms with Gasteiger partial charge in [0.2, 0.25) is 5.91 Å². The van der Waals surface area contributed by atoms with Crippen molar-refractivity contribution in [1.82, 2.24) is 4.90 Å². The number of fused-ring (bicyclic) bond motifs is 1. The molecule has 6 nitrogen and oxygen atoms in total. The Kier molecular flexibility index (Phi) is 6.21. The number of thiophene rings is 1. The highest BCUT2D eigenvalue weighted by atomic mass is 32.1. The third-order valence-corrected chi connectivity index (χ3v) is 6.36. The van der Waals surface area contributed by atoms with E-state index >= 15 is 0 Å². The molecular formula is C24H23N3O3S. The maximum absolute atomic E-state index is 12.8. The molecule has 0 aliphatic carbocycles. The van der Waals surface area contributed by atoms with Crippen molar-refractivity contribution in [3.63, 3.8) is 0 Å². The molecule has 0 unspecified atom stereocenters. The van der Waals surface area contributed by atoms with Crippen LogP contribution in [0.1, 0.15) is 27.6 Å². The number of ether oxygens (including phenoxy) is 2. The number of carbonyl (C=O) groups excluding carboxylic acids is 1. The second-order valence-electron chi connectivity index (χ2n) is 7.28. The fourth-order valence-corrected chi connectivity index (χ4v) is 4.84. The number of nitriles is 1. The Morgan fingerprint density at radius 2 is 1.94 bits per heavy atom. The highest BCUT2D eigenvalue weighted by Crippen LogP contribution is 2.42. The van der Waals surface area contributed by atoms with Crippen molar-refractivity contribution in [1.29, 1.82) is 5.26 Å². The van der Waals surface area contributed by atoms with Gasteiger partial charge in [0.1, 0.15) is 0 Å². The maximum atomic E-state index is 12.8. The number of nitrogens with zero attached hydrogens (tertiary/aromatic N) is 2. The quantitative estimate of drug-likeness (QED) is 0.630. The normalized spacial score (nSPS) is 15.6. The van der Waals surface area contributed by atoms with Gasteiger partial charge in [0, 0.05) is 17.1 Å². The van der Waals surface area contributed by atoms with E-state index in [1.54, 1.807) is 49.8 Å². The van der Waals surface area contributed by atoms with Gasteiger partial charge in [-0.2, -0.15) is 5.26 Å². The molecule has 2 aromatic carbocycles. The summed E-state index contributed by atoms with van der Waals surface area (Å²) in [7, 11) is 3.28. The topological polar surface area (TPSA) is 74.6 Å². The van der Waals surface area contributed by atoms with Gasteiger partial charge in [0.05, 0.1) is 38.4 Å². The van der Waals surface area contributed by atoms with Gasteiger partial charge in [-0.05, 0) is 65.4 Å². The first kappa shape index (κ1) is 20.9. The number of nitrogens with one attached hydrogen (secondary N) is 1. The summed E-state index contributed by atoms with van der Waals surface area (Å²) >= 11 is 1.68. The van der Waals surface area contributed by atoms with Gasteiger partial charge in [-0.15, -0.1) is 11.3 Å². The zero-order valence-corrected chi connectivity index (χ0v) is 18.2. The number of anilines is 1. The number of benzene rings is 2. The second kappa shape index (κ2) is 9.21. The molecule has 31 heavy (non-hydrogen) atoms. The minimum absolute atomic E-state index is 0.0322. The fourth-order valence-electron chi connectivity index (χ4n) is 3.96. The Morgan fingerprint density at radius 1 is 1.19 bits per heavy atom. The predicted molar refractivity (Wildman–Crippen MR) is 121 cm³/mol. The Hall–Kier alpha value is -3.34. The SMILES string of the molecule is COc1cc2c(cc1OC)[C@@H](c1cccs1)N(CC(=O)Nc1ccc(C#N)cc1)CC2. The van der Waals surface area contributed by atoms with Gasteiger partial charge >= 0.3 is 0 Å². The molecule has 1 aliphatic rings. The van der Waals surface area contributed by atoms with Crippen molar-refractivity contribution in [2.45, 2.75) is 12.5 Å². The molecule has 158 valence electrons. The Morgan fingerprint density at radius 3 is 2.58 bits per heavy atom. The Bertz CT molecular complexity index is 1100.